The maximum Gasteiger partial charge on any atom is 0.579 e. The van der Waals surface area contributed by atoms with Gasteiger partial charge < -0.3 is 0 Å². The molecule has 0 aromatic heterocycles. The summed E-state index contributed by atoms with van der Waals surface area (Å²) in [7, 11) is -2.18. The minimum absolute atomic E-state index is 0. The van der Waals surface area contributed by atoms with Gasteiger partial charge in [-0.1, -0.05) is 20.8 Å². The van der Waals surface area contributed by atoms with Gasteiger partial charge in [0.15, 0.2) is 0 Å². The van der Waals surface area contributed by atoms with Gasteiger partial charge in [-0.05, 0) is 10.5 Å². The van der Waals surface area contributed by atoms with Gasteiger partial charge in [-0.3, -0.25) is 0 Å². The predicted octanol–water partition coefficient (Wildman–Crippen LogP) is 2.34. The van der Waals surface area contributed by atoms with E-state index in [9.17, 15) is 0 Å². The zero-order valence-corrected chi connectivity index (χ0v) is 8.62. The number of thiol groups is 1. The van der Waals surface area contributed by atoms with Crippen molar-refractivity contribution < 1.29 is 9.46 Å². The van der Waals surface area contributed by atoms with Crippen molar-refractivity contribution in [3.05, 3.63) is 0 Å². The monoisotopic (exact) mass is 189 g/mol. The van der Waals surface area contributed by atoms with Crippen LogP contribution in [0.1, 0.15) is 20.8 Å². The minimum Gasteiger partial charge on any atom is -0.197 e. The molecule has 0 aliphatic rings. The van der Waals surface area contributed by atoms with Gasteiger partial charge in [0.2, 0.25) is 0 Å². The third kappa shape index (κ3) is 693. The summed E-state index contributed by atoms with van der Waals surface area (Å²) in [5.74, 6) is 0.833. The second-order valence-electron chi connectivity index (χ2n) is 1.98. The highest BCUT2D eigenvalue weighted by Gasteiger charge is 1.90. The van der Waals surface area contributed by atoms with Gasteiger partial charge in [0.05, 0.1) is 0 Å². The van der Waals surface area contributed by atoms with Crippen LogP contribution in [-0.2, 0) is 4.57 Å². The van der Waals surface area contributed by atoms with E-state index in [0.29, 0.717) is 0 Å². The first kappa shape index (κ1) is 16.4. The molecule has 1 N–H and O–H groups in total. The van der Waals surface area contributed by atoms with E-state index >= 15 is 0 Å². The lowest BCUT2D eigenvalue weighted by atomic mass is 10.3. The third-order valence-corrected chi connectivity index (χ3v) is 0. The highest BCUT2D eigenvalue weighted by Crippen LogP contribution is 2.16. The van der Waals surface area contributed by atoms with E-state index in [2.05, 4.69) is 33.0 Å². The van der Waals surface area contributed by atoms with E-state index in [1.54, 1.807) is 0 Å². The van der Waals surface area contributed by atoms with Gasteiger partial charge in [0, 0.05) is 0 Å². The molecule has 0 saturated heterocycles. The minimum atomic E-state index is -2.18. The van der Waals surface area contributed by atoms with Gasteiger partial charge in [0.25, 0.3) is 0 Å². The molecule has 58 valence electrons. The van der Waals surface area contributed by atoms with E-state index < -0.39 is 7.23 Å². The van der Waals surface area contributed by atoms with Gasteiger partial charge in [-0.25, -0.2) is 0 Å². The SMILES string of the molecule is CC(C)C.O=[P+](O)S.S. The molecule has 5 heteroatoms. The van der Waals surface area contributed by atoms with E-state index in [-0.39, 0.29) is 13.5 Å². The zero-order chi connectivity index (χ0) is 7.15. The molecule has 0 spiro atoms. The molecule has 2 nitrogen and oxygen atoms in total. The van der Waals surface area contributed by atoms with Crippen molar-refractivity contribution in [2.75, 3.05) is 0 Å². The Morgan fingerprint density at radius 2 is 1.44 bits per heavy atom. The number of hydrogen-bond donors (Lipinski definition) is 2. The highest BCUT2D eigenvalue weighted by atomic mass is 32.7. The van der Waals surface area contributed by atoms with Crippen LogP contribution in [-0.4, -0.2) is 4.89 Å². The molecule has 1 unspecified atom stereocenters. The van der Waals surface area contributed by atoms with E-state index in [0.717, 1.165) is 5.92 Å². The topological polar surface area (TPSA) is 37.3 Å². The van der Waals surface area contributed by atoms with Crippen molar-refractivity contribution in [1.29, 1.82) is 0 Å². The molecule has 9 heavy (non-hydrogen) atoms. The Labute approximate surface area is 69.5 Å². The van der Waals surface area contributed by atoms with E-state index in [1.165, 1.54) is 0 Å². The van der Waals surface area contributed by atoms with Crippen molar-refractivity contribution in [3.63, 3.8) is 0 Å². The zero-order valence-electron chi connectivity index (χ0n) is 5.83. The molecule has 0 aromatic rings. The number of rotatable bonds is 0. The average molecular weight is 189 g/mol. The van der Waals surface area contributed by atoms with Crippen LogP contribution < -0.4 is 0 Å². The Balaban J connectivity index is -0.0000000720. The van der Waals surface area contributed by atoms with E-state index in [4.69, 9.17) is 9.46 Å². The summed E-state index contributed by atoms with van der Waals surface area (Å²) in [5, 5.41) is 0. The summed E-state index contributed by atoms with van der Waals surface area (Å²) in [4.78, 5) is 7.43. The molecule has 0 amide bonds. The molecule has 0 radical (unpaired) electrons. The fourth-order valence-electron chi connectivity index (χ4n) is 0. The molecule has 1 atom stereocenters. The normalized spacial score (nSPS) is 8.89. The van der Waals surface area contributed by atoms with E-state index in [1.807, 2.05) is 0 Å². The van der Waals surface area contributed by atoms with Crippen molar-refractivity contribution in [2.45, 2.75) is 20.8 Å². The van der Waals surface area contributed by atoms with Crippen molar-refractivity contribution in [2.24, 2.45) is 5.92 Å². The lowest BCUT2D eigenvalue weighted by Crippen LogP contribution is -1.66. The lowest BCUT2D eigenvalue weighted by Gasteiger charge is -1.79. The van der Waals surface area contributed by atoms with Crippen LogP contribution in [0.5, 0.6) is 0 Å². The Morgan fingerprint density at radius 1 is 1.44 bits per heavy atom. The molecule has 0 saturated carbocycles. The molecular formula is C4H14O2PS2+. The van der Waals surface area contributed by atoms with Crippen LogP contribution >= 0.6 is 33.0 Å². The first-order valence-electron chi connectivity index (χ1n) is 2.31. The molecule has 0 aromatic carbocycles. The highest BCUT2D eigenvalue weighted by molar-refractivity contribution is 8.38. The lowest BCUT2D eigenvalue weighted by molar-refractivity contribution is 0.520. The maximum atomic E-state index is 9.01. The summed E-state index contributed by atoms with van der Waals surface area (Å²) < 4.78 is 9.01. The molecule has 0 aliphatic carbocycles. The summed E-state index contributed by atoms with van der Waals surface area (Å²) in [6.07, 6.45) is 0. The Hall–Kier alpha value is 0.760. The molecular weight excluding hydrogens is 175 g/mol. The second-order valence-corrected chi connectivity index (χ2v) is 3.52. The first-order valence-corrected chi connectivity index (χ1v) is 4.68. The average Bonchev–Trinajstić information content (AvgIpc) is 1.25. The van der Waals surface area contributed by atoms with Gasteiger partial charge in [-0.2, -0.15) is 18.4 Å². The van der Waals surface area contributed by atoms with Crippen molar-refractivity contribution in [3.8, 4) is 0 Å². The van der Waals surface area contributed by atoms with Gasteiger partial charge in [0.1, 0.15) is 12.2 Å². The Morgan fingerprint density at radius 3 is 1.44 bits per heavy atom. The smallest absolute Gasteiger partial charge is 0.197 e. The summed E-state index contributed by atoms with van der Waals surface area (Å²) >= 11 is 3.03. The third-order valence-electron chi connectivity index (χ3n) is 0. The fourth-order valence-corrected chi connectivity index (χ4v) is 0. The Kier molecular flexibility index (Phi) is 21.0. The summed E-state index contributed by atoms with van der Waals surface area (Å²) in [6.45, 7) is 6.50. The maximum absolute atomic E-state index is 9.01. The van der Waals surface area contributed by atoms with Gasteiger partial charge in [-0.15, -0.1) is 0 Å². The molecule has 0 fully saturated rings. The van der Waals surface area contributed by atoms with Gasteiger partial charge >= 0.3 is 7.23 Å². The van der Waals surface area contributed by atoms with Crippen molar-refractivity contribution >= 4 is 33.0 Å². The van der Waals surface area contributed by atoms with Crippen LogP contribution in [0.3, 0.4) is 0 Å². The van der Waals surface area contributed by atoms with Crippen molar-refractivity contribution in [1.82, 2.24) is 0 Å². The predicted molar refractivity (Wildman–Crippen MR) is 49.7 cm³/mol. The molecule has 0 heterocycles. The fraction of sp³-hybridized carbons (Fsp3) is 1.00. The van der Waals surface area contributed by atoms with Crippen LogP contribution in [0.25, 0.3) is 0 Å². The summed E-state index contributed by atoms with van der Waals surface area (Å²) in [5.41, 5.74) is 0. The Bertz CT molecular complexity index is 60.8. The van der Waals surface area contributed by atoms with Crippen LogP contribution in [0.4, 0.5) is 0 Å². The largest absolute Gasteiger partial charge is 0.579 e. The molecule has 0 bridgehead atoms. The first-order chi connectivity index (χ1) is 3.46. The quantitative estimate of drug-likeness (QED) is 0.453. The van der Waals surface area contributed by atoms with Crippen LogP contribution in [0.2, 0.25) is 0 Å². The summed E-state index contributed by atoms with van der Waals surface area (Å²) in [6, 6.07) is 0. The number of hydrogen-bond acceptors (Lipinski definition) is 1. The standard InChI is InChI=1S/C4H10.HO2PS.H2S/c1-4(2)3;1-3(2)4;/h4H,1-3H3;(H-,1,2,4);1H2/p+1. The molecule has 0 aliphatic heterocycles. The van der Waals surface area contributed by atoms with Crippen LogP contribution in [0, 0.1) is 5.92 Å². The second kappa shape index (κ2) is 11.5. The molecule has 0 rings (SSSR count). The van der Waals surface area contributed by atoms with Crippen LogP contribution in [0.15, 0.2) is 0 Å².